The summed E-state index contributed by atoms with van der Waals surface area (Å²) in [5.41, 5.74) is 2.64. The Morgan fingerprint density at radius 3 is 3.05 bits per heavy atom. The Balaban J connectivity index is 1.92. The highest BCUT2D eigenvalue weighted by molar-refractivity contribution is 7.10. The fourth-order valence-electron chi connectivity index (χ4n) is 2.53. The van der Waals surface area contributed by atoms with E-state index < -0.39 is 0 Å². The number of carbonyl (C=O) groups is 1. The van der Waals surface area contributed by atoms with E-state index in [2.05, 4.69) is 15.8 Å². The molecule has 1 aromatic carbocycles. The van der Waals surface area contributed by atoms with Crippen molar-refractivity contribution < 1.29 is 9.53 Å². The number of hydrogen-bond donors (Lipinski definition) is 1. The molecule has 0 spiro atoms. The predicted octanol–water partition coefficient (Wildman–Crippen LogP) is 3.59. The number of nitrogens with zero attached hydrogens (tertiary/aromatic N) is 1. The van der Waals surface area contributed by atoms with E-state index in [0.29, 0.717) is 12.2 Å². The summed E-state index contributed by atoms with van der Waals surface area (Å²) in [7, 11) is 0. The van der Waals surface area contributed by atoms with Gasteiger partial charge >= 0.3 is 0 Å². The average molecular weight is 288 g/mol. The van der Waals surface area contributed by atoms with Crippen molar-refractivity contribution in [3.63, 3.8) is 0 Å². The molecule has 1 aliphatic heterocycles. The fourth-order valence-corrected chi connectivity index (χ4v) is 3.43. The van der Waals surface area contributed by atoms with Crippen LogP contribution in [0, 0.1) is 6.92 Å². The number of fused-ring (bicyclic) bond motifs is 1. The second kappa shape index (κ2) is 5.25. The number of benzene rings is 1. The molecular weight excluding hydrogens is 272 g/mol. The number of rotatable bonds is 3. The highest BCUT2D eigenvalue weighted by Crippen LogP contribution is 2.36. The van der Waals surface area contributed by atoms with E-state index in [1.54, 1.807) is 6.92 Å². The van der Waals surface area contributed by atoms with Gasteiger partial charge < -0.3 is 10.1 Å². The molecular formula is C15H16N2O2S. The number of aromatic nitrogens is 1. The fraction of sp³-hybridized carbons (Fsp3) is 0.333. The van der Waals surface area contributed by atoms with Crippen LogP contribution in [-0.2, 0) is 0 Å². The Labute approximate surface area is 121 Å². The summed E-state index contributed by atoms with van der Waals surface area (Å²) in [4.78, 5) is 11.7. The molecule has 3 rings (SSSR count). The maximum Gasteiger partial charge on any atom is 0.164 e. The molecule has 1 atom stereocenters. The second-order valence-corrected chi connectivity index (χ2v) is 5.67. The van der Waals surface area contributed by atoms with Crippen LogP contribution in [0.15, 0.2) is 24.3 Å². The summed E-state index contributed by atoms with van der Waals surface area (Å²) in [6, 6.07) is 8.18. The predicted molar refractivity (Wildman–Crippen MR) is 79.8 cm³/mol. The Bertz CT molecular complexity index is 651. The number of ether oxygens (including phenoxy) is 1. The Morgan fingerprint density at radius 2 is 2.25 bits per heavy atom. The number of nitrogens with one attached hydrogen (secondary N) is 1. The molecule has 5 heteroatoms. The molecule has 104 valence electrons. The average Bonchev–Trinajstić information content (AvgIpc) is 2.80. The molecule has 1 unspecified atom stereocenters. The van der Waals surface area contributed by atoms with Gasteiger partial charge in [-0.25, -0.2) is 0 Å². The van der Waals surface area contributed by atoms with E-state index >= 15 is 0 Å². The molecule has 0 bridgehead atoms. The first-order valence-electron chi connectivity index (χ1n) is 6.62. The van der Waals surface area contributed by atoms with E-state index in [1.807, 2.05) is 25.1 Å². The van der Waals surface area contributed by atoms with Gasteiger partial charge in [-0.1, -0.05) is 18.2 Å². The zero-order chi connectivity index (χ0) is 14.1. The molecule has 2 aromatic rings. The minimum absolute atomic E-state index is 0.0547. The number of carbonyl (C=O) groups excluding carboxylic acids is 1. The maximum absolute atomic E-state index is 11.7. The minimum Gasteiger partial charge on any atom is -0.493 e. The minimum atomic E-state index is 0.0547. The van der Waals surface area contributed by atoms with E-state index in [4.69, 9.17) is 4.74 Å². The van der Waals surface area contributed by atoms with Gasteiger partial charge in [0.2, 0.25) is 0 Å². The van der Waals surface area contributed by atoms with Crippen LogP contribution in [0.25, 0.3) is 0 Å². The van der Waals surface area contributed by atoms with E-state index in [1.165, 1.54) is 11.5 Å². The van der Waals surface area contributed by atoms with Crippen LogP contribution >= 0.6 is 11.5 Å². The molecule has 0 aliphatic carbocycles. The Hall–Kier alpha value is -1.88. The van der Waals surface area contributed by atoms with Gasteiger partial charge in [0.25, 0.3) is 0 Å². The van der Waals surface area contributed by atoms with Crippen molar-refractivity contribution in [2.24, 2.45) is 0 Å². The summed E-state index contributed by atoms with van der Waals surface area (Å²) in [5.74, 6) is 0.973. The van der Waals surface area contributed by atoms with Crippen LogP contribution in [-0.4, -0.2) is 16.8 Å². The smallest absolute Gasteiger partial charge is 0.164 e. The van der Waals surface area contributed by atoms with Gasteiger partial charge in [0.1, 0.15) is 10.8 Å². The number of anilines is 1. The van der Waals surface area contributed by atoms with Crippen molar-refractivity contribution in [1.29, 1.82) is 0 Å². The zero-order valence-corrected chi connectivity index (χ0v) is 12.3. The first-order chi connectivity index (χ1) is 9.66. The maximum atomic E-state index is 11.7. The molecule has 0 saturated heterocycles. The van der Waals surface area contributed by atoms with Gasteiger partial charge in [0.15, 0.2) is 5.78 Å². The first kappa shape index (κ1) is 13.1. The van der Waals surface area contributed by atoms with E-state index in [-0.39, 0.29) is 11.8 Å². The van der Waals surface area contributed by atoms with Crippen LogP contribution in [0.1, 0.15) is 41.0 Å². The van der Waals surface area contributed by atoms with E-state index in [9.17, 15) is 4.79 Å². The summed E-state index contributed by atoms with van der Waals surface area (Å²) in [6.07, 6.45) is 0.880. The van der Waals surface area contributed by atoms with Crippen molar-refractivity contribution >= 4 is 22.3 Å². The number of Topliss-reactive ketones (excluding diaryl/α,β-unsaturated/α-hetero) is 1. The third-order valence-electron chi connectivity index (χ3n) is 3.48. The SMILES string of the molecule is CC(=O)c1c(C)nsc1NC1CCOc2ccccc21. The zero-order valence-electron chi connectivity index (χ0n) is 11.5. The highest BCUT2D eigenvalue weighted by atomic mass is 32.1. The Morgan fingerprint density at radius 1 is 1.45 bits per heavy atom. The van der Waals surface area contributed by atoms with Crippen molar-refractivity contribution in [2.75, 3.05) is 11.9 Å². The van der Waals surface area contributed by atoms with Crippen LogP contribution in [0.5, 0.6) is 5.75 Å². The summed E-state index contributed by atoms with van der Waals surface area (Å²) >= 11 is 1.35. The third-order valence-corrected chi connectivity index (χ3v) is 4.35. The molecule has 0 amide bonds. The largest absolute Gasteiger partial charge is 0.493 e. The molecule has 2 heterocycles. The van der Waals surface area contributed by atoms with Crippen molar-refractivity contribution in [3.05, 3.63) is 41.1 Å². The molecule has 1 N–H and O–H groups in total. The number of aryl methyl sites for hydroxylation is 1. The molecule has 4 nitrogen and oxygen atoms in total. The van der Waals surface area contributed by atoms with Crippen LogP contribution in [0.4, 0.5) is 5.00 Å². The van der Waals surface area contributed by atoms with Gasteiger partial charge in [-0.2, -0.15) is 4.37 Å². The quantitative estimate of drug-likeness (QED) is 0.877. The third kappa shape index (κ3) is 2.29. The lowest BCUT2D eigenvalue weighted by Gasteiger charge is -2.27. The van der Waals surface area contributed by atoms with Gasteiger partial charge in [-0.15, -0.1) is 0 Å². The van der Waals surface area contributed by atoms with Crippen molar-refractivity contribution in [3.8, 4) is 5.75 Å². The molecule has 0 fully saturated rings. The van der Waals surface area contributed by atoms with Gasteiger partial charge in [-0.3, -0.25) is 4.79 Å². The van der Waals surface area contributed by atoms with Crippen molar-refractivity contribution in [2.45, 2.75) is 26.3 Å². The molecule has 1 aliphatic rings. The Kier molecular flexibility index (Phi) is 3.44. The van der Waals surface area contributed by atoms with Crippen LogP contribution in [0.3, 0.4) is 0 Å². The number of ketones is 1. The lowest BCUT2D eigenvalue weighted by atomic mass is 10.0. The number of para-hydroxylation sites is 1. The van der Waals surface area contributed by atoms with Crippen LogP contribution < -0.4 is 10.1 Å². The van der Waals surface area contributed by atoms with Gasteiger partial charge in [0.05, 0.1) is 23.9 Å². The van der Waals surface area contributed by atoms with Crippen molar-refractivity contribution in [1.82, 2.24) is 4.37 Å². The number of hydrogen-bond acceptors (Lipinski definition) is 5. The summed E-state index contributed by atoms with van der Waals surface area (Å²) in [5, 5.41) is 4.32. The van der Waals surface area contributed by atoms with Crippen LogP contribution in [0.2, 0.25) is 0 Å². The monoisotopic (exact) mass is 288 g/mol. The van der Waals surface area contributed by atoms with Gasteiger partial charge in [-0.05, 0) is 31.4 Å². The highest BCUT2D eigenvalue weighted by Gasteiger charge is 2.24. The topological polar surface area (TPSA) is 51.2 Å². The molecule has 0 radical (unpaired) electrons. The first-order valence-corrected chi connectivity index (χ1v) is 7.39. The standard InChI is InChI=1S/C15H16N2O2S/c1-9-14(10(2)18)15(20-17-9)16-12-7-8-19-13-6-4-3-5-11(12)13/h3-6,12,16H,7-8H2,1-2H3. The second-order valence-electron chi connectivity index (χ2n) is 4.90. The lowest BCUT2D eigenvalue weighted by molar-refractivity contribution is 0.101. The summed E-state index contributed by atoms with van der Waals surface area (Å²) in [6.45, 7) is 4.14. The molecule has 0 saturated carbocycles. The normalized spacial score (nSPS) is 17.2. The molecule has 1 aromatic heterocycles. The van der Waals surface area contributed by atoms with Gasteiger partial charge in [0, 0.05) is 12.0 Å². The summed E-state index contributed by atoms with van der Waals surface area (Å²) < 4.78 is 9.94. The van der Waals surface area contributed by atoms with E-state index in [0.717, 1.165) is 28.4 Å². The lowest BCUT2D eigenvalue weighted by Crippen LogP contribution is -2.20. The molecule has 20 heavy (non-hydrogen) atoms.